The third-order valence-corrected chi connectivity index (χ3v) is 3.68. The van der Waals surface area contributed by atoms with E-state index in [-0.39, 0.29) is 17.1 Å². The summed E-state index contributed by atoms with van der Waals surface area (Å²) in [6, 6.07) is 1.95. The quantitative estimate of drug-likeness (QED) is 0.783. The first-order chi connectivity index (χ1) is 6.73. The van der Waals surface area contributed by atoms with Crippen molar-refractivity contribution in [1.82, 2.24) is 0 Å². The normalized spacial score (nSPS) is 12.1. The molecule has 0 spiro atoms. The SMILES string of the molecule is CC(C)C(=O)c1cc(C(C)(C)C)sc1N. The van der Waals surface area contributed by atoms with Crippen LogP contribution in [0.3, 0.4) is 0 Å². The molecule has 1 heterocycles. The molecule has 84 valence electrons. The molecule has 0 saturated heterocycles. The molecule has 0 saturated carbocycles. The van der Waals surface area contributed by atoms with Crippen molar-refractivity contribution in [3.05, 3.63) is 16.5 Å². The van der Waals surface area contributed by atoms with Crippen LogP contribution < -0.4 is 5.73 Å². The lowest BCUT2D eigenvalue weighted by Crippen LogP contribution is -2.10. The standard InChI is InChI=1S/C12H19NOS/c1-7(2)10(14)8-6-9(12(3,4)5)15-11(8)13/h6-7H,13H2,1-5H3. The molecular formula is C12H19NOS. The average Bonchev–Trinajstić information content (AvgIpc) is 2.45. The smallest absolute Gasteiger partial charge is 0.168 e. The van der Waals surface area contributed by atoms with E-state index in [1.54, 1.807) is 0 Å². The van der Waals surface area contributed by atoms with E-state index >= 15 is 0 Å². The molecule has 1 aromatic heterocycles. The molecule has 1 rings (SSSR count). The van der Waals surface area contributed by atoms with E-state index < -0.39 is 0 Å². The van der Waals surface area contributed by atoms with Gasteiger partial charge in [-0.25, -0.2) is 0 Å². The first-order valence-electron chi connectivity index (χ1n) is 5.17. The van der Waals surface area contributed by atoms with Gasteiger partial charge in [0.15, 0.2) is 5.78 Å². The second kappa shape index (κ2) is 3.97. The van der Waals surface area contributed by atoms with E-state index in [1.807, 2.05) is 19.9 Å². The van der Waals surface area contributed by atoms with Crippen LogP contribution >= 0.6 is 11.3 Å². The van der Waals surface area contributed by atoms with Crippen molar-refractivity contribution < 1.29 is 4.79 Å². The lowest BCUT2D eigenvalue weighted by molar-refractivity contribution is 0.0940. The first kappa shape index (κ1) is 12.2. The molecule has 0 bridgehead atoms. The number of hydrogen-bond acceptors (Lipinski definition) is 3. The molecule has 0 aliphatic carbocycles. The molecule has 0 aliphatic rings. The van der Waals surface area contributed by atoms with Crippen molar-refractivity contribution in [2.45, 2.75) is 40.0 Å². The number of nitrogen functional groups attached to an aromatic ring is 1. The highest BCUT2D eigenvalue weighted by molar-refractivity contribution is 7.16. The molecule has 0 aromatic carbocycles. The third-order valence-electron chi connectivity index (χ3n) is 2.29. The second-order valence-corrected chi connectivity index (χ2v) is 6.24. The van der Waals surface area contributed by atoms with E-state index in [1.165, 1.54) is 16.2 Å². The Morgan fingerprint density at radius 1 is 1.40 bits per heavy atom. The van der Waals surface area contributed by atoms with E-state index in [4.69, 9.17) is 5.73 Å². The van der Waals surface area contributed by atoms with Crippen molar-refractivity contribution >= 4 is 22.1 Å². The van der Waals surface area contributed by atoms with E-state index in [0.717, 1.165) is 0 Å². The maximum Gasteiger partial charge on any atom is 0.168 e. The number of nitrogens with two attached hydrogens (primary N) is 1. The summed E-state index contributed by atoms with van der Waals surface area (Å²) >= 11 is 1.52. The van der Waals surface area contributed by atoms with E-state index in [0.29, 0.717) is 10.6 Å². The summed E-state index contributed by atoms with van der Waals surface area (Å²) in [6.07, 6.45) is 0. The summed E-state index contributed by atoms with van der Waals surface area (Å²) in [5, 5.41) is 0.652. The van der Waals surface area contributed by atoms with Crippen LogP contribution in [0.15, 0.2) is 6.07 Å². The van der Waals surface area contributed by atoms with Crippen LogP contribution in [0.4, 0.5) is 5.00 Å². The lowest BCUT2D eigenvalue weighted by atomic mass is 9.93. The minimum Gasteiger partial charge on any atom is -0.390 e. The van der Waals surface area contributed by atoms with Crippen LogP contribution in [0, 0.1) is 5.92 Å². The summed E-state index contributed by atoms with van der Waals surface area (Å²) in [5.74, 6) is 0.147. The molecule has 0 unspecified atom stereocenters. The Kier molecular flexibility index (Phi) is 3.24. The Balaban J connectivity index is 3.13. The first-order valence-corrected chi connectivity index (χ1v) is 5.99. The minimum atomic E-state index is 0.00900. The van der Waals surface area contributed by atoms with Gasteiger partial charge >= 0.3 is 0 Å². The predicted molar refractivity (Wildman–Crippen MR) is 66.6 cm³/mol. The zero-order valence-corrected chi connectivity index (χ0v) is 10.9. The second-order valence-electron chi connectivity index (χ2n) is 5.16. The highest BCUT2D eigenvalue weighted by Gasteiger charge is 2.22. The predicted octanol–water partition coefficient (Wildman–Crippen LogP) is 3.47. The maximum atomic E-state index is 11.8. The number of ketones is 1. The number of thiophene rings is 1. The van der Waals surface area contributed by atoms with Gasteiger partial charge in [0, 0.05) is 10.8 Å². The van der Waals surface area contributed by atoms with Crippen LogP contribution in [0.25, 0.3) is 0 Å². The van der Waals surface area contributed by atoms with Gasteiger partial charge in [-0.3, -0.25) is 4.79 Å². The number of carbonyl (C=O) groups excluding carboxylic acids is 1. The fourth-order valence-corrected chi connectivity index (χ4v) is 2.27. The van der Waals surface area contributed by atoms with Crippen molar-refractivity contribution in [1.29, 1.82) is 0 Å². The van der Waals surface area contributed by atoms with E-state index in [2.05, 4.69) is 20.8 Å². The zero-order chi connectivity index (χ0) is 11.8. The molecule has 2 N–H and O–H groups in total. The molecule has 0 atom stereocenters. The van der Waals surface area contributed by atoms with Crippen LogP contribution in [-0.4, -0.2) is 5.78 Å². The Morgan fingerprint density at radius 3 is 2.27 bits per heavy atom. The molecule has 2 nitrogen and oxygen atoms in total. The maximum absolute atomic E-state index is 11.8. The summed E-state index contributed by atoms with van der Waals surface area (Å²) in [7, 11) is 0. The van der Waals surface area contributed by atoms with Crippen LogP contribution in [0.1, 0.15) is 49.9 Å². The monoisotopic (exact) mass is 225 g/mol. The van der Waals surface area contributed by atoms with Crippen LogP contribution in [0.5, 0.6) is 0 Å². The molecular weight excluding hydrogens is 206 g/mol. The van der Waals surface area contributed by atoms with Crippen molar-refractivity contribution in [3.63, 3.8) is 0 Å². The number of anilines is 1. The van der Waals surface area contributed by atoms with Crippen LogP contribution in [-0.2, 0) is 5.41 Å². The van der Waals surface area contributed by atoms with Crippen molar-refractivity contribution in [2.24, 2.45) is 5.92 Å². The fraction of sp³-hybridized carbons (Fsp3) is 0.583. The molecule has 0 fully saturated rings. The molecule has 15 heavy (non-hydrogen) atoms. The van der Waals surface area contributed by atoms with Gasteiger partial charge < -0.3 is 5.73 Å². The third kappa shape index (κ3) is 2.59. The van der Waals surface area contributed by atoms with Gasteiger partial charge in [-0.1, -0.05) is 34.6 Å². The van der Waals surface area contributed by atoms with Gasteiger partial charge in [0.2, 0.25) is 0 Å². The van der Waals surface area contributed by atoms with Gasteiger partial charge in [0.1, 0.15) is 0 Å². The Morgan fingerprint density at radius 2 is 1.93 bits per heavy atom. The molecule has 3 heteroatoms. The summed E-state index contributed by atoms with van der Waals surface area (Å²) < 4.78 is 0. The largest absolute Gasteiger partial charge is 0.390 e. The van der Waals surface area contributed by atoms with E-state index in [9.17, 15) is 4.79 Å². The van der Waals surface area contributed by atoms with Gasteiger partial charge in [0.05, 0.1) is 10.6 Å². The number of carbonyl (C=O) groups is 1. The minimum absolute atomic E-state index is 0.00900. The molecule has 0 amide bonds. The summed E-state index contributed by atoms with van der Waals surface area (Å²) in [6.45, 7) is 10.2. The van der Waals surface area contributed by atoms with Crippen LogP contribution in [0.2, 0.25) is 0 Å². The van der Waals surface area contributed by atoms with Gasteiger partial charge in [-0.2, -0.15) is 0 Å². The van der Waals surface area contributed by atoms with Crippen molar-refractivity contribution in [3.8, 4) is 0 Å². The Bertz CT molecular complexity index is 371. The van der Waals surface area contributed by atoms with Crippen molar-refractivity contribution in [2.75, 3.05) is 5.73 Å². The molecule has 0 radical (unpaired) electrons. The average molecular weight is 225 g/mol. The lowest BCUT2D eigenvalue weighted by Gasteiger charge is -2.15. The topological polar surface area (TPSA) is 43.1 Å². The zero-order valence-electron chi connectivity index (χ0n) is 10.0. The van der Waals surface area contributed by atoms with Gasteiger partial charge in [-0.05, 0) is 11.5 Å². The Hall–Kier alpha value is -0.830. The van der Waals surface area contributed by atoms with Gasteiger partial charge in [0.25, 0.3) is 0 Å². The highest BCUT2D eigenvalue weighted by Crippen LogP contribution is 2.35. The highest BCUT2D eigenvalue weighted by atomic mass is 32.1. The number of hydrogen-bond donors (Lipinski definition) is 1. The fourth-order valence-electron chi connectivity index (χ4n) is 1.28. The Labute approximate surface area is 95.5 Å². The summed E-state index contributed by atoms with van der Waals surface area (Å²) in [5.41, 5.74) is 6.63. The molecule has 0 aliphatic heterocycles. The van der Waals surface area contributed by atoms with Gasteiger partial charge in [-0.15, -0.1) is 11.3 Å². The summed E-state index contributed by atoms with van der Waals surface area (Å²) in [4.78, 5) is 13.0. The molecule has 1 aromatic rings. The number of Topliss-reactive ketones (excluding diaryl/α,β-unsaturated/α-hetero) is 1. The number of rotatable bonds is 2.